The molecule has 1 aromatic heterocycles. The summed E-state index contributed by atoms with van der Waals surface area (Å²) in [6.07, 6.45) is 1.54. The molecule has 0 atom stereocenters. The van der Waals surface area contributed by atoms with Crippen LogP contribution in [0, 0.1) is 5.92 Å². The number of rotatable bonds is 3. The third kappa shape index (κ3) is 4.65. The molecule has 15 heavy (non-hydrogen) atoms. The molecular formula is C10H14ClN3O. The van der Waals surface area contributed by atoms with Crippen molar-refractivity contribution in [3.8, 4) is 0 Å². The zero-order valence-corrected chi connectivity index (χ0v) is 9.51. The van der Waals surface area contributed by atoms with Crippen LogP contribution in [0.15, 0.2) is 18.3 Å². The standard InChI is InChI=1S/C10H14ClN3O/c1-7(2)6-13-10(15)14-9-5-8(11)3-4-12-9/h3-5,7H,6H2,1-2H3,(H2,12,13,14,15). The maximum absolute atomic E-state index is 11.3. The molecule has 82 valence electrons. The first-order valence-corrected chi connectivity index (χ1v) is 5.12. The zero-order chi connectivity index (χ0) is 11.3. The summed E-state index contributed by atoms with van der Waals surface area (Å²) in [6.45, 7) is 4.68. The fraction of sp³-hybridized carbons (Fsp3) is 0.400. The van der Waals surface area contributed by atoms with Crippen LogP contribution in [0.2, 0.25) is 5.02 Å². The van der Waals surface area contributed by atoms with Crippen LogP contribution in [-0.2, 0) is 0 Å². The van der Waals surface area contributed by atoms with Crippen LogP contribution >= 0.6 is 11.6 Å². The summed E-state index contributed by atoms with van der Waals surface area (Å²) in [5.74, 6) is 0.867. The zero-order valence-electron chi connectivity index (χ0n) is 8.75. The van der Waals surface area contributed by atoms with Gasteiger partial charge in [-0.15, -0.1) is 0 Å². The molecule has 0 saturated heterocycles. The quantitative estimate of drug-likeness (QED) is 0.834. The molecule has 4 nitrogen and oxygen atoms in total. The number of halogens is 1. The van der Waals surface area contributed by atoms with Gasteiger partial charge in [0.1, 0.15) is 5.82 Å². The number of hydrogen-bond acceptors (Lipinski definition) is 2. The summed E-state index contributed by atoms with van der Waals surface area (Å²) in [5, 5.41) is 5.85. The lowest BCUT2D eigenvalue weighted by Crippen LogP contribution is -2.31. The lowest BCUT2D eigenvalue weighted by atomic mass is 10.2. The highest BCUT2D eigenvalue weighted by Gasteiger charge is 2.03. The van der Waals surface area contributed by atoms with Crippen molar-refractivity contribution in [2.45, 2.75) is 13.8 Å². The van der Waals surface area contributed by atoms with E-state index in [1.54, 1.807) is 18.3 Å². The van der Waals surface area contributed by atoms with Crippen molar-refractivity contribution < 1.29 is 4.79 Å². The van der Waals surface area contributed by atoms with Crippen LogP contribution in [0.25, 0.3) is 0 Å². The normalized spacial score (nSPS) is 10.1. The van der Waals surface area contributed by atoms with Gasteiger partial charge in [-0.1, -0.05) is 25.4 Å². The Morgan fingerprint density at radius 1 is 1.60 bits per heavy atom. The Balaban J connectivity index is 2.44. The van der Waals surface area contributed by atoms with Crippen molar-refractivity contribution in [1.29, 1.82) is 0 Å². The lowest BCUT2D eigenvalue weighted by Gasteiger charge is -2.08. The van der Waals surface area contributed by atoms with Crippen molar-refractivity contribution in [2.75, 3.05) is 11.9 Å². The Hall–Kier alpha value is -1.29. The predicted octanol–water partition coefficient (Wildman–Crippen LogP) is 2.51. The van der Waals surface area contributed by atoms with Gasteiger partial charge < -0.3 is 5.32 Å². The second-order valence-corrected chi connectivity index (χ2v) is 4.02. The van der Waals surface area contributed by atoms with E-state index < -0.39 is 0 Å². The first-order valence-electron chi connectivity index (χ1n) is 4.74. The first kappa shape index (κ1) is 11.8. The fourth-order valence-corrected chi connectivity index (χ4v) is 1.09. The fourth-order valence-electron chi connectivity index (χ4n) is 0.930. The summed E-state index contributed by atoms with van der Waals surface area (Å²) >= 11 is 5.74. The highest BCUT2D eigenvalue weighted by Crippen LogP contribution is 2.11. The molecule has 1 heterocycles. The van der Waals surface area contributed by atoms with Gasteiger partial charge in [0.05, 0.1) is 0 Å². The summed E-state index contributed by atoms with van der Waals surface area (Å²) in [5.41, 5.74) is 0. The van der Waals surface area contributed by atoms with E-state index in [4.69, 9.17) is 11.6 Å². The number of carbonyl (C=O) groups excluding carboxylic acids is 1. The molecule has 0 fully saturated rings. The maximum Gasteiger partial charge on any atom is 0.320 e. The molecule has 0 bridgehead atoms. The van der Waals surface area contributed by atoms with Gasteiger partial charge in [0.15, 0.2) is 0 Å². The summed E-state index contributed by atoms with van der Waals surface area (Å²) < 4.78 is 0. The highest BCUT2D eigenvalue weighted by atomic mass is 35.5. The van der Waals surface area contributed by atoms with Crippen molar-refractivity contribution >= 4 is 23.4 Å². The monoisotopic (exact) mass is 227 g/mol. The maximum atomic E-state index is 11.3. The van der Waals surface area contributed by atoms with E-state index in [1.807, 2.05) is 13.8 Å². The highest BCUT2D eigenvalue weighted by molar-refractivity contribution is 6.30. The van der Waals surface area contributed by atoms with Crippen LogP contribution in [0.4, 0.5) is 10.6 Å². The van der Waals surface area contributed by atoms with Crippen LogP contribution in [0.5, 0.6) is 0 Å². The third-order valence-electron chi connectivity index (χ3n) is 1.63. The number of hydrogen-bond donors (Lipinski definition) is 2. The van der Waals surface area contributed by atoms with Gasteiger partial charge in [-0.2, -0.15) is 0 Å². The number of pyridine rings is 1. The number of aromatic nitrogens is 1. The largest absolute Gasteiger partial charge is 0.338 e. The molecule has 0 aliphatic carbocycles. The first-order chi connectivity index (χ1) is 7.08. The molecule has 0 unspecified atom stereocenters. The van der Waals surface area contributed by atoms with E-state index in [2.05, 4.69) is 15.6 Å². The summed E-state index contributed by atoms with van der Waals surface area (Å²) in [6, 6.07) is 2.98. The topological polar surface area (TPSA) is 54.0 Å². The van der Waals surface area contributed by atoms with E-state index in [0.29, 0.717) is 23.3 Å². The molecule has 0 aliphatic heterocycles. The van der Waals surface area contributed by atoms with Crippen molar-refractivity contribution in [3.63, 3.8) is 0 Å². The van der Waals surface area contributed by atoms with E-state index in [9.17, 15) is 4.79 Å². The van der Waals surface area contributed by atoms with Crippen molar-refractivity contribution in [1.82, 2.24) is 10.3 Å². The molecule has 0 radical (unpaired) electrons. The molecule has 0 aliphatic rings. The Morgan fingerprint density at radius 3 is 2.93 bits per heavy atom. The van der Waals surface area contributed by atoms with Crippen LogP contribution < -0.4 is 10.6 Å². The molecule has 1 rings (SSSR count). The Morgan fingerprint density at radius 2 is 2.33 bits per heavy atom. The minimum absolute atomic E-state index is 0.265. The molecule has 5 heteroatoms. The van der Waals surface area contributed by atoms with E-state index in [0.717, 1.165) is 0 Å². The van der Waals surface area contributed by atoms with Gasteiger partial charge >= 0.3 is 6.03 Å². The smallest absolute Gasteiger partial charge is 0.320 e. The lowest BCUT2D eigenvalue weighted by molar-refractivity contribution is 0.251. The molecular weight excluding hydrogens is 214 g/mol. The van der Waals surface area contributed by atoms with Crippen LogP contribution in [0.1, 0.15) is 13.8 Å². The van der Waals surface area contributed by atoms with Gasteiger partial charge in [0, 0.05) is 17.8 Å². The van der Waals surface area contributed by atoms with Crippen LogP contribution in [0.3, 0.4) is 0 Å². The molecule has 1 aromatic rings. The summed E-state index contributed by atoms with van der Waals surface area (Å²) in [7, 11) is 0. The number of anilines is 1. The molecule has 2 N–H and O–H groups in total. The van der Waals surface area contributed by atoms with Gasteiger partial charge in [0.25, 0.3) is 0 Å². The SMILES string of the molecule is CC(C)CNC(=O)Nc1cc(Cl)ccn1. The van der Waals surface area contributed by atoms with E-state index in [1.165, 1.54) is 0 Å². The van der Waals surface area contributed by atoms with Gasteiger partial charge in [0.2, 0.25) is 0 Å². The molecule has 2 amide bonds. The van der Waals surface area contributed by atoms with Crippen molar-refractivity contribution in [2.24, 2.45) is 5.92 Å². The number of amides is 2. The minimum atomic E-state index is -0.265. The van der Waals surface area contributed by atoms with Gasteiger partial charge in [-0.3, -0.25) is 5.32 Å². The Bertz CT molecular complexity index is 341. The minimum Gasteiger partial charge on any atom is -0.338 e. The Kier molecular flexibility index (Phi) is 4.37. The molecule has 0 aromatic carbocycles. The van der Waals surface area contributed by atoms with Gasteiger partial charge in [-0.25, -0.2) is 9.78 Å². The predicted molar refractivity (Wildman–Crippen MR) is 61.1 cm³/mol. The van der Waals surface area contributed by atoms with E-state index >= 15 is 0 Å². The average molecular weight is 228 g/mol. The average Bonchev–Trinajstić information content (AvgIpc) is 2.15. The number of nitrogens with zero attached hydrogens (tertiary/aromatic N) is 1. The second-order valence-electron chi connectivity index (χ2n) is 3.59. The Labute approximate surface area is 94.0 Å². The number of carbonyl (C=O) groups is 1. The second kappa shape index (κ2) is 5.56. The van der Waals surface area contributed by atoms with Crippen LogP contribution in [-0.4, -0.2) is 17.6 Å². The number of urea groups is 1. The van der Waals surface area contributed by atoms with E-state index in [-0.39, 0.29) is 6.03 Å². The van der Waals surface area contributed by atoms with Crippen molar-refractivity contribution in [3.05, 3.63) is 23.4 Å². The third-order valence-corrected chi connectivity index (χ3v) is 1.87. The molecule has 0 saturated carbocycles. The molecule has 0 spiro atoms. The summed E-state index contributed by atoms with van der Waals surface area (Å²) in [4.78, 5) is 15.3. The van der Waals surface area contributed by atoms with Gasteiger partial charge in [-0.05, 0) is 18.1 Å². The number of nitrogens with one attached hydrogen (secondary N) is 2.